The van der Waals surface area contributed by atoms with E-state index in [0.29, 0.717) is 12.2 Å². The van der Waals surface area contributed by atoms with Crippen molar-refractivity contribution in [3.05, 3.63) is 54.1 Å². The van der Waals surface area contributed by atoms with Crippen molar-refractivity contribution in [2.45, 2.75) is 6.92 Å². The molecule has 0 saturated carbocycles. The quantitative estimate of drug-likeness (QED) is 0.746. The molecular weight excluding hydrogens is 212 g/mol. The van der Waals surface area contributed by atoms with Crippen LogP contribution in [0.25, 0.3) is 16.8 Å². The van der Waals surface area contributed by atoms with Gasteiger partial charge in [0.05, 0.1) is 12.2 Å². The summed E-state index contributed by atoms with van der Waals surface area (Å²) >= 11 is 0. The first kappa shape index (κ1) is 11.4. The van der Waals surface area contributed by atoms with Crippen molar-refractivity contribution in [1.29, 1.82) is 0 Å². The van der Waals surface area contributed by atoms with Crippen LogP contribution in [0.2, 0.25) is 0 Å². The van der Waals surface area contributed by atoms with E-state index in [2.05, 4.69) is 6.58 Å². The summed E-state index contributed by atoms with van der Waals surface area (Å²) in [5, 5.41) is 1.93. The summed E-state index contributed by atoms with van der Waals surface area (Å²) in [6.07, 6.45) is 1.79. The molecule has 0 aliphatic rings. The molecule has 0 unspecified atom stereocenters. The van der Waals surface area contributed by atoms with Gasteiger partial charge in [0, 0.05) is 0 Å². The maximum absolute atomic E-state index is 11.8. The summed E-state index contributed by atoms with van der Waals surface area (Å²) in [6, 6.07) is 11.4. The van der Waals surface area contributed by atoms with Gasteiger partial charge >= 0.3 is 5.97 Å². The molecule has 86 valence electrons. The third kappa shape index (κ3) is 2.07. The smallest absolute Gasteiger partial charge is 0.338 e. The molecule has 0 heterocycles. The van der Waals surface area contributed by atoms with E-state index in [1.807, 2.05) is 30.3 Å². The van der Waals surface area contributed by atoms with Gasteiger partial charge in [-0.2, -0.15) is 0 Å². The van der Waals surface area contributed by atoms with Gasteiger partial charge in [-0.05, 0) is 29.3 Å². The van der Waals surface area contributed by atoms with E-state index >= 15 is 0 Å². The van der Waals surface area contributed by atoms with Crippen molar-refractivity contribution >= 4 is 22.8 Å². The Hall–Kier alpha value is -2.09. The number of hydrogen-bond donors (Lipinski definition) is 0. The summed E-state index contributed by atoms with van der Waals surface area (Å²) < 4.78 is 5.04. The Morgan fingerprint density at radius 2 is 1.94 bits per heavy atom. The lowest BCUT2D eigenvalue weighted by Gasteiger charge is -2.07. The minimum atomic E-state index is -0.278. The number of fused-ring (bicyclic) bond motifs is 1. The van der Waals surface area contributed by atoms with Gasteiger partial charge in [0.15, 0.2) is 0 Å². The summed E-state index contributed by atoms with van der Waals surface area (Å²) in [5.41, 5.74) is 1.63. The first-order chi connectivity index (χ1) is 8.27. The minimum absolute atomic E-state index is 0.278. The lowest BCUT2D eigenvalue weighted by atomic mass is 10.0. The average Bonchev–Trinajstić information content (AvgIpc) is 2.37. The van der Waals surface area contributed by atoms with Crippen LogP contribution < -0.4 is 0 Å². The van der Waals surface area contributed by atoms with Crippen molar-refractivity contribution < 1.29 is 9.53 Å². The summed E-state index contributed by atoms with van der Waals surface area (Å²) in [4.78, 5) is 11.8. The largest absolute Gasteiger partial charge is 0.462 e. The van der Waals surface area contributed by atoms with Crippen molar-refractivity contribution in [2.24, 2.45) is 0 Å². The van der Waals surface area contributed by atoms with Crippen LogP contribution in [0.15, 0.2) is 43.0 Å². The molecule has 0 N–H and O–H groups in total. The third-order valence-corrected chi connectivity index (χ3v) is 2.67. The molecule has 0 fully saturated rings. The third-order valence-electron chi connectivity index (χ3n) is 2.67. The number of ether oxygens (including phenoxy) is 1. The van der Waals surface area contributed by atoms with E-state index in [1.54, 1.807) is 19.1 Å². The molecule has 17 heavy (non-hydrogen) atoms. The predicted octanol–water partition coefficient (Wildman–Crippen LogP) is 3.66. The minimum Gasteiger partial charge on any atom is -0.462 e. The van der Waals surface area contributed by atoms with Gasteiger partial charge in [0.25, 0.3) is 0 Å². The van der Waals surface area contributed by atoms with Crippen LogP contribution in [0.3, 0.4) is 0 Å². The van der Waals surface area contributed by atoms with Gasteiger partial charge in [0.1, 0.15) is 0 Å². The molecule has 2 nitrogen and oxygen atoms in total. The Balaban J connectivity index is 2.66. The molecule has 2 rings (SSSR count). The molecule has 0 amide bonds. The Morgan fingerprint density at radius 1 is 1.24 bits per heavy atom. The number of rotatable bonds is 3. The zero-order valence-electron chi connectivity index (χ0n) is 9.77. The molecule has 2 heteroatoms. The lowest BCUT2D eigenvalue weighted by Crippen LogP contribution is -2.05. The van der Waals surface area contributed by atoms with E-state index in [-0.39, 0.29) is 5.97 Å². The molecular formula is C15H14O2. The van der Waals surface area contributed by atoms with Crippen LogP contribution in [0.5, 0.6) is 0 Å². The van der Waals surface area contributed by atoms with E-state index in [9.17, 15) is 4.79 Å². The van der Waals surface area contributed by atoms with E-state index in [0.717, 1.165) is 16.3 Å². The fourth-order valence-corrected chi connectivity index (χ4v) is 1.90. The van der Waals surface area contributed by atoms with Crippen molar-refractivity contribution in [3.8, 4) is 0 Å². The molecule has 0 bridgehead atoms. The molecule has 0 radical (unpaired) electrons. The topological polar surface area (TPSA) is 26.3 Å². The van der Waals surface area contributed by atoms with Gasteiger partial charge in [0.2, 0.25) is 0 Å². The van der Waals surface area contributed by atoms with Crippen molar-refractivity contribution in [3.63, 3.8) is 0 Å². The SMILES string of the molecule is C=Cc1cccc2c(C(=O)OCC)cccc12. The first-order valence-electron chi connectivity index (χ1n) is 5.59. The standard InChI is InChI=1S/C15H14O2/c1-3-11-7-5-9-13-12(11)8-6-10-14(13)15(16)17-4-2/h3,5-10H,1,4H2,2H3. The van der Waals surface area contributed by atoms with Crippen LogP contribution in [0.1, 0.15) is 22.8 Å². The number of benzene rings is 2. The van der Waals surface area contributed by atoms with Gasteiger partial charge in [-0.15, -0.1) is 0 Å². The van der Waals surface area contributed by atoms with E-state index in [1.165, 1.54) is 0 Å². The second-order valence-electron chi connectivity index (χ2n) is 3.67. The fraction of sp³-hybridized carbons (Fsp3) is 0.133. The number of esters is 1. The van der Waals surface area contributed by atoms with Crippen LogP contribution >= 0.6 is 0 Å². The van der Waals surface area contributed by atoms with Crippen molar-refractivity contribution in [1.82, 2.24) is 0 Å². The summed E-state index contributed by atoms with van der Waals surface area (Å²) in [6.45, 7) is 5.96. The van der Waals surface area contributed by atoms with E-state index in [4.69, 9.17) is 4.74 Å². The zero-order valence-corrected chi connectivity index (χ0v) is 9.77. The second-order valence-corrected chi connectivity index (χ2v) is 3.67. The maximum atomic E-state index is 11.8. The predicted molar refractivity (Wildman–Crippen MR) is 70.0 cm³/mol. The van der Waals surface area contributed by atoms with Crippen LogP contribution in [0.4, 0.5) is 0 Å². The van der Waals surface area contributed by atoms with Gasteiger partial charge in [-0.25, -0.2) is 4.79 Å². The first-order valence-corrected chi connectivity index (χ1v) is 5.59. The van der Waals surface area contributed by atoms with Crippen LogP contribution in [0, 0.1) is 0 Å². The van der Waals surface area contributed by atoms with Crippen molar-refractivity contribution in [2.75, 3.05) is 6.61 Å². The molecule has 0 saturated heterocycles. The number of carbonyl (C=O) groups is 1. The number of hydrogen-bond acceptors (Lipinski definition) is 2. The Labute approximate surface area is 101 Å². The maximum Gasteiger partial charge on any atom is 0.338 e. The van der Waals surface area contributed by atoms with Crippen LogP contribution in [-0.4, -0.2) is 12.6 Å². The molecule has 0 spiro atoms. The average molecular weight is 226 g/mol. The molecule has 0 aromatic heterocycles. The molecule has 0 atom stereocenters. The highest BCUT2D eigenvalue weighted by Gasteiger charge is 2.11. The Morgan fingerprint density at radius 3 is 2.65 bits per heavy atom. The normalized spacial score (nSPS) is 10.2. The van der Waals surface area contributed by atoms with Gasteiger partial charge < -0.3 is 4.74 Å². The summed E-state index contributed by atoms with van der Waals surface area (Å²) in [7, 11) is 0. The monoisotopic (exact) mass is 226 g/mol. The van der Waals surface area contributed by atoms with Gasteiger partial charge in [-0.3, -0.25) is 0 Å². The highest BCUT2D eigenvalue weighted by molar-refractivity contribution is 6.06. The number of carbonyl (C=O) groups excluding carboxylic acids is 1. The molecule has 2 aromatic rings. The second kappa shape index (κ2) is 4.83. The molecule has 0 aliphatic carbocycles. The lowest BCUT2D eigenvalue weighted by molar-refractivity contribution is 0.0528. The Kier molecular flexibility index (Phi) is 3.24. The van der Waals surface area contributed by atoms with Crippen LogP contribution in [-0.2, 0) is 4.74 Å². The van der Waals surface area contributed by atoms with Gasteiger partial charge in [-0.1, -0.05) is 43.0 Å². The highest BCUT2D eigenvalue weighted by Crippen LogP contribution is 2.23. The zero-order chi connectivity index (χ0) is 12.3. The molecule has 0 aliphatic heterocycles. The van der Waals surface area contributed by atoms with E-state index < -0.39 is 0 Å². The summed E-state index contributed by atoms with van der Waals surface area (Å²) in [5.74, 6) is -0.278. The fourth-order valence-electron chi connectivity index (χ4n) is 1.90. The Bertz CT molecular complexity index is 570. The highest BCUT2D eigenvalue weighted by atomic mass is 16.5. The molecule has 2 aromatic carbocycles.